The zero-order valence-corrected chi connectivity index (χ0v) is 17.3. The Morgan fingerprint density at radius 2 is 1.82 bits per heavy atom. The molecule has 1 fully saturated rings. The molecule has 28 heavy (non-hydrogen) atoms. The lowest BCUT2D eigenvalue weighted by molar-refractivity contribution is -0.128. The van der Waals surface area contributed by atoms with Crippen LogP contribution in [0.25, 0.3) is 0 Å². The second-order valence-corrected chi connectivity index (χ2v) is 7.72. The number of hydrogen-bond acceptors (Lipinski definition) is 6. The van der Waals surface area contributed by atoms with Crippen LogP contribution in [0, 0.1) is 0 Å². The number of methoxy groups -OCH3 is 2. The Hall–Kier alpha value is -2.25. The minimum absolute atomic E-state index is 0.186. The van der Waals surface area contributed by atoms with Gasteiger partial charge >= 0.3 is 0 Å². The molecule has 7 heteroatoms. The van der Waals surface area contributed by atoms with Crippen molar-refractivity contribution in [3.05, 3.63) is 48.3 Å². The first-order valence-electron chi connectivity index (χ1n) is 9.43. The number of pyridine rings is 1. The van der Waals surface area contributed by atoms with Crippen molar-refractivity contribution in [1.82, 2.24) is 14.8 Å². The minimum Gasteiger partial charge on any atom is -0.493 e. The summed E-state index contributed by atoms with van der Waals surface area (Å²) < 4.78 is 10.6. The molecule has 6 nitrogen and oxygen atoms in total. The molecule has 0 saturated carbocycles. The fourth-order valence-electron chi connectivity index (χ4n) is 3.27. The smallest absolute Gasteiger partial charge is 0.232 e. The zero-order chi connectivity index (χ0) is 19.8. The van der Waals surface area contributed by atoms with Crippen LogP contribution in [0.3, 0.4) is 0 Å². The SMILES string of the molecule is COc1ccc(SCC(=O)N2CCCN(Cc3ccncc3)CC2)cc1OC. The third kappa shape index (κ3) is 5.62. The second kappa shape index (κ2) is 10.3. The Bertz CT molecular complexity index is 773. The van der Waals surface area contributed by atoms with Gasteiger partial charge in [0.25, 0.3) is 0 Å². The number of amides is 1. The van der Waals surface area contributed by atoms with Crippen molar-refractivity contribution in [2.75, 3.05) is 46.2 Å². The van der Waals surface area contributed by atoms with E-state index in [1.54, 1.807) is 14.2 Å². The highest BCUT2D eigenvalue weighted by atomic mass is 32.2. The van der Waals surface area contributed by atoms with Gasteiger partial charge in [0.2, 0.25) is 5.91 Å². The monoisotopic (exact) mass is 401 g/mol. The molecule has 150 valence electrons. The lowest BCUT2D eigenvalue weighted by Crippen LogP contribution is -2.36. The van der Waals surface area contributed by atoms with E-state index in [2.05, 4.69) is 9.88 Å². The van der Waals surface area contributed by atoms with Crippen LogP contribution in [0.4, 0.5) is 0 Å². The molecule has 0 bridgehead atoms. The summed E-state index contributed by atoms with van der Waals surface area (Å²) >= 11 is 1.53. The Labute approximate surface area is 170 Å². The molecule has 1 saturated heterocycles. The van der Waals surface area contributed by atoms with Crippen molar-refractivity contribution < 1.29 is 14.3 Å². The molecule has 0 aliphatic carbocycles. The van der Waals surface area contributed by atoms with E-state index >= 15 is 0 Å². The fourth-order valence-corrected chi connectivity index (χ4v) is 4.09. The van der Waals surface area contributed by atoms with Crippen LogP contribution < -0.4 is 9.47 Å². The predicted molar refractivity (Wildman–Crippen MR) is 111 cm³/mol. The molecule has 3 rings (SSSR count). The van der Waals surface area contributed by atoms with Crippen LogP contribution >= 0.6 is 11.8 Å². The molecule has 0 N–H and O–H groups in total. The molecule has 0 spiro atoms. The Balaban J connectivity index is 1.49. The van der Waals surface area contributed by atoms with Gasteiger partial charge in [-0.3, -0.25) is 14.7 Å². The van der Waals surface area contributed by atoms with Crippen molar-refractivity contribution in [2.45, 2.75) is 17.9 Å². The average Bonchev–Trinajstić information content (AvgIpc) is 2.98. The molecule has 0 unspecified atom stereocenters. The molecule has 0 atom stereocenters. The number of rotatable bonds is 7. The van der Waals surface area contributed by atoms with E-state index in [0.29, 0.717) is 17.3 Å². The molecule has 1 aromatic carbocycles. The van der Waals surface area contributed by atoms with Crippen molar-refractivity contribution in [2.24, 2.45) is 0 Å². The van der Waals surface area contributed by atoms with Gasteiger partial charge in [0, 0.05) is 50.0 Å². The highest BCUT2D eigenvalue weighted by Gasteiger charge is 2.19. The quantitative estimate of drug-likeness (QED) is 0.665. The van der Waals surface area contributed by atoms with E-state index in [0.717, 1.165) is 44.0 Å². The van der Waals surface area contributed by atoms with Gasteiger partial charge < -0.3 is 14.4 Å². The standard InChI is InChI=1S/C21H27N3O3S/c1-26-19-5-4-18(14-20(19)27-2)28-16-21(25)24-11-3-10-23(12-13-24)15-17-6-8-22-9-7-17/h4-9,14H,3,10-13,15-16H2,1-2H3. The van der Waals surface area contributed by atoms with Crippen LogP contribution in [0.2, 0.25) is 0 Å². The van der Waals surface area contributed by atoms with Crippen LogP contribution in [-0.2, 0) is 11.3 Å². The maximum Gasteiger partial charge on any atom is 0.232 e. The maximum atomic E-state index is 12.7. The Morgan fingerprint density at radius 1 is 1.04 bits per heavy atom. The Kier molecular flexibility index (Phi) is 7.56. The van der Waals surface area contributed by atoms with Crippen LogP contribution in [-0.4, -0.2) is 66.8 Å². The van der Waals surface area contributed by atoms with E-state index < -0.39 is 0 Å². The first kappa shape index (κ1) is 20.5. The lowest BCUT2D eigenvalue weighted by Gasteiger charge is -2.22. The van der Waals surface area contributed by atoms with Gasteiger partial charge in [-0.1, -0.05) is 0 Å². The predicted octanol–water partition coefficient (Wildman–Crippen LogP) is 2.93. The summed E-state index contributed by atoms with van der Waals surface area (Å²) in [6.45, 7) is 4.41. The van der Waals surface area contributed by atoms with E-state index in [1.807, 2.05) is 47.6 Å². The van der Waals surface area contributed by atoms with Gasteiger partial charge in [-0.15, -0.1) is 11.8 Å². The summed E-state index contributed by atoms with van der Waals surface area (Å²) in [5.41, 5.74) is 1.26. The van der Waals surface area contributed by atoms with Crippen molar-refractivity contribution in [3.8, 4) is 11.5 Å². The largest absolute Gasteiger partial charge is 0.493 e. The molecule has 2 heterocycles. The van der Waals surface area contributed by atoms with Gasteiger partial charge in [-0.2, -0.15) is 0 Å². The van der Waals surface area contributed by atoms with Gasteiger partial charge in [0.15, 0.2) is 11.5 Å². The Morgan fingerprint density at radius 3 is 2.57 bits per heavy atom. The summed E-state index contributed by atoms with van der Waals surface area (Å²) in [6.07, 6.45) is 4.65. The summed E-state index contributed by atoms with van der Waals surface area (Å²) in [5, 5.41) is 0. The van der Waals surface area contributed by atoms with Gasteiger partial charge in [0.05, 0.1) is 20.0 Å². The number of nitrogens with zero attached hydrogens (tertiary/aromatic N) is 3. The van der Waals surface area contributed by atoms with E-state index in [1.165, 1.54) is 17.3 Å². The molecule has 1 amide bonds. The molecular weight excluding hydrogens is 374 g/mol. The number of aromatic nitrogens is 1. The lowest BCUT2D eigenvalue weighted by atomic mass is 10.2. The number of ether oxygens (including phenoxy) is 2. The highest BCUT2D eigenvalue weighted by Crippen LogP contribution is 2.31. The summed E-state index contributed by atoms with van der Waals surface area (Å²) in [4.78, 5) is 22.2. The van der Waals surface area contributed by atoms with Gasteiger partial charge in [-0.25, -0.2) is 0 Å². The second-order valence-electron chi connectivity index (χ2n) is 6.67. The topological polar surface area (TPSA) is 54.9 Å². The molecule has 1 aliphatic rings. The van der Waals surface area contributed by atoms with Crippen molar-refractivity contribution in [1.29, 1.82) is 0 Å². The van der Waals surface area contributed by atoms with Crippen LogP contribution in [0.15, 0.2) is 47.6 Å². The normalized spacial score (nSPS) is 15.1. The van der Waals surface area contributed by atoms with E-state index in [-0.39, 0.29) is 5.91 Å². The highest BCUT2D eigenvalue weighted by molar-refractivity contribution is 8.00. The van der Waals surface area contributed by atoms with Crippen molar-refractivity contribution in [3.63, 3.8) is 0 Å². The van der Waals surface area contributed by atoms with Gasteiger partial charge in [-0.05, 0) is 42.3 Å². The third-order valence-corrected chi connectivity index (χ3v) is 5.79. The van der Waals surface area contributed by atoms with E-state index in [9.17, 15) is 4.79 Å². The average molecular weight is 402 g/mol. The maximum absolute atomic E-state index is 12.7. The first-order valence-corrected chi connectivity index (χ1v) is 10.4. The summed E-state index contributed by atoms with van der Waals surface area (Å²) in [7, 11) is 3.23. The zero-order valence-electron chi connectivity index (χ0n) is 16.5. The summed E-state index contributed by atoms with van der Waals surface area (Å²) in [6, 6.07) is 9.84. The molecule has 1 aliphatic heterocycles. The van der Waals surface area contributed by atoms with Crippen molar-refractivity contribution >= 4 is 17.7 Å². The number of benzene rings is 1. The number of carbonyl (C=O) groups is 1. The molecule has 0 radical (unpaired) electrons. The molecule has 2 aromatic rings. The number of carbonyl (C=O) groups excluding carboxylic acids is 1. The molecule has 1 aromatic heterocycles. The number of thioether (sulfide) groups is 1. The van der Waals surface area contributed by atoms with E-state index in [4.69, 9.17) is 9.47 Å². The van der Waals surface area contributed by atoms with Gasteiger partial charge in [0.1, 0.15) is 0 Å². The minimum atomic E-state index is 0.186. The molecular formula is C21H27N3O3S. The fraction of sp³-hybridized carbons (Fsp3) is 0.429. The third-order valence-electron chi connectivity index (χ3n) is 4.81. The first-order chi connectivity index (χ1) is 13.7. The summed E-state index contributed by atoms with van der Waals surface area (Å²) in [5.74, 6) is 1.99. The van der Waals surface area contributed by atoms with Crippen LogP contribution in [0.1, 0.15) is 12.0 Å². The number of hydrogen-bond donors (Lipinski definition) is 0. The van der Waals surface area contributed by atoms with Crippen LogP contribution in [0.5, 0.6) is 11.5 Å².